The van der Waals surface area contributed by atoms with Crippen molar-refractivity contribution >= 4 is 23.3 Å². The fraction of sp³-hybridized carbons (Fsp3) is 0.417. The highest BCUT2D eigenvalue weighted by molar-refractivity contribution is 6.00. The first kappa shape index (κ1) is 20.3. The van der Waals surface area contributed by atoms with Gasteiger partial charge in [-0.25, -0.2) is 4.79 Å². The van der Waals surface area contributed by atoms with Crippen LogP contribution >= 0.6 is 0 Å². The van der Waals surface area contributed by atoms with Crippen molar-refractivity contribution in [3.8, 4) is 5.75 Å². The zero-order valence-corrected chi connectivity index (χ0v) is 17.4. The van der Waals surface area contributed by atoms with E-state index in [0.717, 1.165) is 24.9 Å². The van der Waals surface area contributed by atoms with Gasteiger partial charge in [-0.2, -0.15) is 0 Å². The Hall–Kier alpha value is -3.02. The number of urea groups is 1. The van der Waals surface area contributed by atoms with Gasteiger partial charge in [-0.1, -0.05) is 49.6 Å². The van der Waals surface area contributed by atoms with Gasteiger partial charge in [0.15, 0.2) is 6.10 Å². The average molecular weight is 408 g/mol. The molecule has 6 heteroatoms. The largest absolute Gasteiger partial charge is 0.479 e. The molecule has 0 radical (unpaired) electrons. The van der Waals surface area contributed by atoms with E-state index in [1.165, 1.54) is 24.8 Å². The van der Waals surface area contributed by atoms with Crippen LogP contribution in [0.1, 0.15) is 44.6 Å². The lowest BCUT2D eigenvalue weighted by atomic mass is 9.96. The Bertz CT molecular complexity index is 894. The third-order valence-electron chi connectivity index (χ3n) is 5.83. The van der Waals surface area contributed by atoms with E-state index in [9.17, 15) is 9.59 Å². The molecule has 158 valence electrons. The number of rotatable bonds is 5. The standard InChI is InChI=1S/C24H29N3O3/c1-17-23(28)27(15-14-18-8-4-2-5-9-18)21-13-12-20(16-22(21)30-17)26-24(29)25-19-10-6-3-7-11-19/h2,4-5,8-9,12-13,16-17,19H,3,6-7,10-11,14-15H2,1H3,(H2,25,26,29). The number of hydrogen-bond acceptors (Lipinski definition) is 3. The van der Waals surface area contributed by atoms with Crippen LogP contribution in [0, 0.1) is 0 Å². The van der Waals surface area contributed by atoms with Crippen LogP contribution < -0.4 is 20.3 Å². The number of hydrogen-bond donors (Lipinski definition) is 2. The molecule has 1 heterocycles. The van der Waals surface area contributed by atoms with Crippen LogP contribution in [0.25, 0.3) is 0 Å². The summed E-state index contributed by atoms with van der Waals surface area (Å²) in [5, 5.41) is 5.96. The maximum atomic E-state index is 12.7. The van der Waals surface area contributed by atoms with Gasteiger partial charge in [0.2, 0.25) is 0 Å². The molecule has 2 N–H and O–H groups in total. The molecule has 1 aliphatic carbocycles. The monoisotopic (exact) mass is 407 g/mol. The quantitative estimate of drug-likeness (QED) is 0.767. The van der Waals surface area contributed by atoms with Crippen LogP contribution in [-0.2, 0) is 11.2 Å². The van der Waals surface area contributed by atoms with E-state index in [2.05, 4.69) is 22.8 Å². The third-order valence-corrected chi connectivity index (χ3v) is 5.83. The molecule has 1 saturated carbocycles. The van der Waals surface area contributed by atoms with Crippen LogP contribution in [0.5, 0.6) is 5.75 Å². The zero-order valence-electron chi connectivity index (χ0n) is 17.4. The predicted octanol–water partition coefficient (Wildman–Crippen LogP) is 4.50. The number of carbonyl (C=O) groups is 2. The Kier molecular flexibility index (Phi) is 6.21. The number of carbonyl (C=O) groups excluding carboxylic acids is 2. The number of benzene rings is 2. The highest BCUT2D eigenvalue weighted by atomic mass is 16.5. The SMILES string of the molecule is CC1Oc2cc(NC(=O)NC3CCCCC3)ccc2N(CCc2ccccc2)C1=O. The molecule has 30 heavy (non-hydrogen) atoms. The van der Waals surface area contributed by atoms with E-state index in [1.54, 1.807) is 17.9 Å². The van der Waals surface area contributed by atoms with Crippen LogP contribution in [0.15, 0.2) is 48.5 Å². The number of fused-ring (bicyclic) bond motifs is 1. The Morgan fingerprint density at radius 1 is 1.10 bits per heavy atom. The highest BCUT2D eigenvalue weighted by Gasteiger charge is 2.31. The third kappa shape index (κ3) is 4.75. The summed E-state index contributed by atoms with van der Waals surface area (Å²) in [5.41, 5.74) is 2.59. The summed E-state index contributed by atoms with van der Waals surface area (Å²) in [7, 11) is 0. The molecule has 2 aromatic rings. The summed E-state index contributed by atoms with van der Waals surface area (Å²) in [6.45, 7) is 2.34. The molecule has 6 nitrogen and oxygen atoms in total. The van der Waals surface area contributed by atoms with Gasteiger partial charge in [-0.05, 0) is 43.9 Å². The molecule has 1 aliphatic heterocycles. The van der Waals surface area contributed by atoms with Gasteiger partial charge in [0.1, 0.15) is 5.75 Å². The molecule has 4 rings (SSSR count). The second-order valence-corrected chi connectivity index (χ2v) is 8.10. The average Bonchev–Trinajstić information content (AvgIpc) is 2.75. The van der Waals surface area contributed by atoms with Crippen molar-refractivity contribution in [2.24, 2.45) is 0 Å². The highest BCUT2D eigenvalue weighted by Crippen LogP contribution is 2.36. The minimum Gasteiger partial charge on any atom is -0.479 e. The Morgan fingerprint density at radius 3 is 2.63 bits per heavy atom. The van der Waals surface area contributed by atoms with E-state index in [-0.39, 0.29) is 18.0 Å². The summed E-state index contributed by atoms with van der Waals surface area (Å²) < 4.78 is 5.84. The summed E-state index contributed by atoms with van der Waals surface area (Å²) in [4.78, 5) is 26.9. The predicted molar refractivity (Wildman–Crippen MR) is 118 cm³/mol. The van der Waals surface area contributed by atoms with Crippen molar-refractivity contribution in [1.82, 2.24) is 5.32 Å². The second kappa shape index (κ2) is 9.20. The number of anilines is 2. The lowest BCUT2D eigenvalue weighted by Crippen LogP contribution is -2.45. The molecule has 2 aliphatic rings. The lowest BCUT2D eigenvalue weighted by Gasteiger charge is -2.33. The molecule has 3 amide bonds. The number of ether oxygens (including phenoxy) is 1. The van der Waals surface area contributed by atoms with E-state index >= 15 is 0 Å². The minimum atomic E-state index is -0.556. The zero-order chi connectivity index (χ0) is 20.9. The topological polar surface area (TPSA) is 70.7 Å². The molecular formula is C24H29N3O3. The first-order valence-corrected chi connectivity index (χ1v) is 10.8. The smallest absolute Gasteiger partial charge is 0.319 e. The molecular weight excluding hydrogens is 378 g/mol. The van der Waals surface area contributed by atoms with Crippen molar-refractivity contribution in [2.75, 3.05) is 16.8 Å². The molecule has 2 aromatic carbocycles. The summed E-state index contributed by atoms with van der Waals surface area (Å²) in [5.74, 6) is 0.569. The Balaban J connectivity index is 1.44. The maximum absolute atomic E-state index is 12.7. The van der Waals surface area contributed by atoms with Crippen LogP contribution in [0.4, 0.5) is 16.2 Å². The van der Waals surface area contributed by atoms with Crippen molar-refractivity contribution in [3.63, 3.8) is 0 Å². The number of nitrogens with one attached hydrogen (secondary N) is 2. The van der Waals surface area contributed by atoms with Crippen molar-refractivity contribution in [2.45, 2.75) is 57.6 Å². The first-order valence-electron chi connectivity index (χ1n) is 10.8. The second-order valence-electron chi connectivity index (χ2n) is 8.10. The van der Waals surface area contributed by atoms with E-state index in [4.69, 9.17) is 4.74 Å². The van der Waals surface area contributed by atoms with E-state index < -0.39 is 6.10 Å². The van der Waals surface area contributed by atoms with Crippen molar-refractivity contribution in [3.05, 3.63) is 54.1 Å². The van der Waals surface area contributed by atoms with E-state index in [0.29, 0.717) is 18.0 Å². The van der Waals surface area contributed by atoms with Crippen molar-refractivity contribution < 1.29 is 14.3 Å². The molecule has 0 saturated heterocycles. The summed E-state index contributed by atoms with van der Waals surface area (Å²) >= 11 is 0. The van der Waals surface area contributed by atoms with Crippen molar-refractivity contribution in [1.29, 1.82) is 0 Å². The van der Waals surface area contributed by atoms with Gasteiger partial charge in [-0.15, -0.1) is 0 Å². The van der Waals surface area contributed by atoms with Gasteiger partial charge in [0.25, 0.3) is 5.91 Å². The molecule has 1 unspecified atom stereocenters. The molecule has 0 spiro atoms. The van der Waals surface area contributed by atoms with E-state index in [1.807, 2.05) is 30.3 Å². The first-order chi connectivity index (χ1) is 14.6. The fourth-order valence-corrected chi connectivity index (χ4v) is 4.20. The van der Waals surface area contributed by atoms with Gasteiger partial charge >= 0.3 is 6.03 Å². The Morgan fingerprint density at radius 2 is 1.87 bits per heavy atom. The fourth-order valence-electron chi connectivity index (χ4n) is 4.20. The normalized spacial score (nSPS) is 19.0. The molecule has 1 fully saturated rings. The van der Waals surface area contributed by atoms with Crippen LogP contribution in [-0.4, -0.2) is 30.6 Å². The summed E-state index contributed by atoms with van der Waals surface area (Å²) in [6.07, 6.45) is 5.87. The van der Waals surface area contributed by atoms with Gasteiger partial charge in [0, 0.05) is 24.3 Å². The number of nitrogens with zero attached hydrogens (tertiary/aromatic N) is 1. The molecule has 1 atom stereocenters. The molecule has 0 bridgehead atoms. The van der Waals surface area contributed by atoms with Gasteiger partial charge in [0.05, 0.1) is 5.69 Å². The van der Waals surface area contributed by atoms with Crippen LogP contribution in [0.2, 0.25) is 0 Å². The summed E-state index contributed by atoms with van der Waals surface area (Å²) in [6, 6.07) is 15.6. The van der Waals surface area contributed by atoms with Gasteiger partial charge in [-0.3, -0.25) is 4.79 Å². The Labute approximate surface area is 177 Å². The van der Waals surface area contributed by atoms with Crippen LogP contribution in [0.3, 0.4) is 0 Å². The molecule has 0 aromatic heterocycles. The lowest BCUT2D eigenvalue weighted by molar-refractivity contribution is -0.125. The number of amides is 3. The maximum Gasteiger partial charge on any atom is 0.319 e. The minimum absolute atomic E-state index is 0.0471. The van der Waals surface area contributed by atoms with Gasteiger partial charge < -0.3 is 20.3 Å².